The zero-order valence-electron chi connectivity index (χ0n) is 10.1. The molecule has 0 fully saturated rings. The van der Waals surface area contributed by atoms with Crippen LogP contribution in [0.1, 0.15) is 16.8 Å². The number of amidine groups is 1. The zero-order chi connectivity index (χ0) is 12.8. The second-order valence-electron chi connectivity index (χ2n) is 3.87. The number of pyridine rings is 1. The minimum atomic E-state index is 0.180. The second kappa shape index (κ2) is 5.72. The van der Waals surface area contributed by atoms with Gasteiger partial charge < -0.3 is 0 Å². The Labute approximate surface area is 106 Å². The van der Waals surface area contributed by atoms with E-state index in [1.807, 2.05) is 43.3 Å². The maximum Gasteiger partial charge on any atom is 0.164 e. The molecule has 2 aromatic rings. The van der Waals surface area contributed by atoms with Crippen LogP contribution in [0, 0.1) is 12.3 Å². The van der Waals surface area contributed by atoms with Gasteiger partial charge in [-0.05, 0) is 24.6 Å². The van der Waals surface area contributed by atoms with Gasteiger partial charge in [-0.25, -0.2) is 0 Å². The van der Waals surface area contributed by atoms with Crippen LogP contribution in [-0.2, 0) is 0 Å². The van der Waals surface area contributed by atoms with Crippen LogP contribution in [0.3, 0.4) is 0 Å². The van der Waals surface area contributed by atoms with Gasteiger partial charge >= 0.3 is 0 Å². The highest BCUT2D eigenvalue weighted by Gasteiger charge is 1.98. The van der Waals surface area contributed by atoms with E-state index < -0.39 is 0 Å². The maximum absolute atomic E-state index is 7.74. The Balaban J connectivity index is 1.96. The Morgan fingerprint density at radius 3 is 2.67 bits per heavy atom. The van der Waals surface area contributed by atoms with Gasteiger partial charge in [-0.3, -0.25) is 15.8 Å². The lowest BCUT2D eigenvalue weighted by Crippen LogP contribution is -2.18. The summed E-state index contributed by atoms with van der Waals surface area (Å²) < 4.78 is 0. The van der Waals surface area contributed by atoms with Gasteiger partial charge in [-0.1, -0.05) is 35.9 Å². The van der Waals surface area contributed by atoms with Crippen molar-refractivity contribution in [1.29, 1.82) is 5.41 Å². The molecule has 0 unspecified atom stereocenters. The van der Waals surface area contributed by atoms with Crippen LogP contribution in [0.5, 0.6) is 0 Å². The fourth-order valence-corrected chi connectivity index (χ4v) is 1.39. The first-order chi connectivity index (χ1) is 8.75. The summed E-state index contributed by atoms with van der Waals surface area (Å²) in [5.41, 5.74) is 5.42. The lowest BCUT2D eigenvalue weighted by molar-refractivity contribution is 1.01. The van der Waals surface area contributed by atoms with E-state index in [0.717, 1.165) is 5.56 Å². The SMILES string of the molecule is Cc1ccc(/C=N\NC(=N)c2ccccn2)cc1. The molecule has 0 aliphatic heterocycles. The Morgan fingerprint density at radius 2 is 2.00 bits per heavy atom. The molecule has 0 saturated heterocycles. The molecule has 2 N–H and O–H groups in total. The van der Waals surface area contributed by atoms with Gasteiger partial charge in [0.1, 0.15) is 5.69 Å². The van der Waals surface area contributed by atoms with Crippen molar-refractivity contribution in [2.75, 3.05) is 0 Å². The van der Waals surface area contributed by atoms with Gasteiger partial charge in [0.15, 0.2) is 5.84 Å². The molecule has 90 valence electrons. The summed E-state index contributed by atoms with van der Waals surface area (Å²) in [6.45, 7) is 2.04. The molecule has 4 heteroatoms. The normalized spacial score (nSPS) is 10.5. The topological polar surface area (TPSA) is 61.1 Å². The number of nitrogens with zero attached hydrogens (tertiary/aromatic N) is 2. The zero-order valence-corrected chi connectivity index (χ0v) is 10.1. The molecular weight excluding hydrogens is 224 g/mol. The number of nitrogens with one attached hydrogen (secondary N) is 2. The van der Waals surface area contributed by atoms with E-state index in [9.17, 15) is 0 Å². The van der Waals surface area contributed by atoms with Crippen LogP contribution in [0.2, 0.25) is 0 Å². The molecule has 1 aromatic carbocycles. The number of hydrazone groups is 1. The molecule has 18 heavy (non-hydrogen) atoms. The summed E-state index contributed by atoms with van der Waals surface area (Å²) in [5, 5.41) is 11.8. The standard InChI is InChI=1S/C14H14N4/c1-11-5-7-12(8-6-11)10-17-18-14(15)13-4-2-3-9-16-13/h2-10H,1H3,(H2,15,18)/b17-10-. The molecule has 1 aromatic heterocycles. The minimum Gasteiger partial charge on any atom is -0.281 e. The van der Waals surface area contributed by atoms with Crippen LogP contribution in [0.4, 0.5) is 0 Å². The minimum absolute atomic E-state index is 0.180. The molecule has 0 saturated carbocycles. The average molecular weight is 238 g/mol. The number of hydrogen-bond acceptors (Lipinski definition) is 3. The summed E-state index contributed by atoms with van der Waals surface area (Å²) in [6, 6.07) is 13.4. The summed E-state index contributed by atoms with van der Waals surface area (Å²) in [7, 11) is 0. The molecule has 0 radical (unpaired) electrons. The first-order valence-electron chi connectivity index (χ1n) is 5.61. The molecule has 2 rings (SSSR count). The molecule has 0 amide bonds. The van der Waals surface area contributed by atoms with E-state index in [0.29, 0.717) is 5.69 Å². The van der Waals surface area contributed by atoms with Gasteiger partial charge in [-0.2, -0.15) is 5.10 Å². The van der Waals surface area contributed by atoms with Gasteiger partial charge in [0.05, 0.1) is 6.21 Å². The Morgan fingerprint density at radius 1 is 1.22 bits per heavy atom. The number of aromatic nitrogens is 1. The molecule has 0 spiro atoms. The molecule has 4 nitrogen and oxygen atoms in total. The van der Waals surface area contributed by atoms with E-state index in [1.54, 1.807) is 18.5 Å². The number of aryl methyl sites for hydroxylation is 1. The number of rotatable bonds is 3. The lowest BCUT2D eigenvalue weighted by Gasteiger charge is -2.01. The largest absolute Gasteiger partial charge is 0.281 e. The van der Waals surface area contributed by atoms with Gasteiger partial charge in [0.2, 0.25) is 0 Å². The quantitative estimate of drug-likeness (QED) is 0.490. The van der Waals surface area contributed by atoms with Crippen LogP contribution in [0.15, 0.2) is 53.8 Å². The predicted molar refractivity (Wildman–Crippen MR) is 73.0 cm³/mol. The van der Waals surface area contributed by atoms with E-state index in [2.05, 4.69) is 15.5 Å². The van der Waals surface area contributed by atoms with Crippen molar-refractivity contribution in [1.82, 2.24) is 10.4 Å². The summed E-state index contributed by atoms with van der Waals surface area (Å²) in [4.78, 5) is 4.05. The summed E-state index contributed by atoms with van der Waals surface area (Å²) >= 11 is 0. The fraction of sp³-hybridized carbons (Fsp3) is 0.0714. The van der Waals surface area contributed by atoms with Crippen molar-refractivity contribution in [2.24, 2.45) is 5.10 Å². The van der Waals surface area contributed by atoms with E-state index in [-0.39, 0.29) is 5.84 Å². The van der Waals surface area contributed by atoms with E-state index in [1.165, 1.54) is 5.56 Å². The van der Waals surface area contributed by atoms with Crippen LogP contribution < -0.4 is 5.43 Å². The number of benzene rings is 1. The monoisotopic (exact) mass is 238 g/mol. The van der Waals surface area contributed by atoms with Crippen molar-refractivity contribution in [3.63, 3.8) is 0 Å². The van der Waals surface area contributed by atoms with Gasteiger partial charge in [0, 0.05) is 6.20 Å². The Hall–Kier alpha value is -2.49. The molecular formula is C14H14N4. The average Bonchev–Trinajstić information content (AvgIpc) is 2.42. The third kappa shape index (κ3) is 3.25. The molecule has 0 aliphatic carbocycles. The first kappa shape index (κ1) is 12.0. The second-order valence-corrected chi connectivity index (χ2v) is 3.87. The van der Waals surface area contributed by atoms with Crippen molar-refractivity contribution in [2.45, 2.75) is 6.92 Å². The molecule has 0 atom stereocenters. The lowest BCUT2D eigenvalue weighted by atomic mass is 10.2. The van der Waals surface area contributed by atoms with Crippen LogP contribution in [-0.4, -0.2) is 17.0 Å². The third-order valence-corrected chi connectivity index (χ3v) is 2.39. The Kier molecular flexibility index (Phi) is 3.81. The fourth-order valence-electron chi connectivity index (χ4n) is 1.39. The van der Waals surface area contributed by atoms with E-state index in [4.69, 9.17) is 5.41 Å². The van der Waals surface area contributed by atoms with E-state index >= 15 is 0 Å². The molecule has 1 heterocycles. The smallest absolute Gasteiger partial charge is 0.164 e. The summed E-state index contributed by atoms with van der Waals surface area (Å²) in [5.74, 6) is 0.180. The predicted octanol–water partition coefficient (Wildman–Crippen LogP) is 2.34. The third-order valence-electron chi connectivity index (χ3n) is 2.39. The molecule has 0 aliphatic rings. The molecule has 0 bridgehead atoms. The van der Waals surface area contributed by atoms with Crippen LogP contribution in [0.25, 0.3) is 0 Å². The highest BCUT2D eigenvalue weighted by Crippen LogP contribution is 2.00. The highest BCUT2D eigenvalue weighted by molar-refractivity contribution is 5.95. The number of hydrogen-bond donors (Lipinski definition) is 2. The van der Waals surface area contributed by atoms with Crippen molar-refractivity contribution >= 4 is 12.1 Å². The maximum atomic E-state index is 7.74. The van der Waals surface area contributed by atoms with Gasteiger partial charge in [-0.15, -0.1) is 0 Å². The first-order valence-corrected chi connectivity index (χ1v) is 5.61. The van der Waals surface area contributed by atoms with Crippen molar-refractivity contribution < 1.29 is 0 Å². The summed E-state index contributed by atoms with van der Waals surface area (Å²) in [6.07, 6.45) is 3.33. The Bertz CT molecular complexity index is 544. The van der Waals surface area contributed by atoms with Crippen molar-refractivity contribution in [3.8, 4) is 0 Å². The van der Waals surface area contributed by atoms with Crippen molar-refractivity contribution in [3.05, 3.63) is 65.5 Å². The van der Waals surface area contributed by atoms with Crippen LogP contribution >= 0.6 is 0 Å². The van der Waals surface area contributed by atoms with Gasteiger partial charge in [0.25, 0.3) is 0 Å². The highest BCUT2D eigenvalue weighted by atomic mass is 15.3.